The van der Waals surface area contributed by atoms with Gasteiger partial charge < -0.3 is 10.4 Å². The Bertz CT molecular complexity index is 121. The first-order valence-electron chi connectivity index (χ1n) is 5.11. The second-order valence-corrected chi connectivity index (χ2v) is 3.97. The molecule has 2 nitrogen and oxygen atoms in total. The number of hydrogen-bond acceptors (Lipinski definition) is 2. The molecule has 0 radical (unpaired) electrons. The Balaban J connectivity index is 2.33. The molecule has 1 saturated carbocycles. The van der Waals surface area contributed by atoms with Crippen LogP contribution in [-0.2, 0) is 0 Å². The molecular weight excluding hydrogens is 150 g/mol. The summed E-state index contributed by atoms with van der Waals surface area (Å²) in [4.78, 5) is 0. The molecule has 2 heteroatoms. The van der Waals surface area contributed by atoms with Crippen LogP contribution in [0.2, 0.25) is 0 Å². The van der Waals surface area contributed by atoms with E-state index in [9.17, 15) is 5.11 Å². The number of aliphatic hydroxyl groups excluding tert-OH is 1. The third-order valence-corrected chi connectivity index (χ3v) is 3.10. The Kier molecular flexibility index (Phi) is 4.02. The number of rotatable bonds is 3. The SMILES string of the molecule is CNC(C)C(O)C1CCCCC1. The van der Waals surface area contributed by atoms with Crippen LogP contribution >= 0.6 is 0 Å². The zero-order valence-corrected chi connectivity index (χ0v) is 8.21. The number of likely N-dealkylation sites (N-methyl/N-ethyl adjacent to an activating group) is 1. The molecule has 1 aliphatic carbocycles. The zero-order chi connectivity index (χ0) is 8.97. The highest BCUT2D eigenvalue weighted by atomic mass is 16.3. The van der Waals surface area contributed by atoms with E-state index in [-0.39, 0.29) is 12.1 Å². The minimum Gasteiger partial charge on any atom is -0.391 e. The largest absolute Gasteiger partial charge is 0.391 e. The summed E-state index contributed by atoms with van der Waals surface area (Å²) in [5.41, 5.74) is 0. The molecule has 12 heavy (non-hydrogen) atoms. The van der Waals surface area contributed by atoms with Gasteiger partial charge >= 0.3 is 0 Å². The quantitative estimate of drug-likeness (QED) is 0.675. The average Bonchev–Trinajstić information content (AvgIpc) is 2.17. The van der Waals surface area contributed by atoms with E-state index in [4.69, 9.17) is 0 Å². The third kappa shape index (κ3) is 2.46. The molecule has 0 aliphatic heterocycles. The molecule has 0 heterocycles. The Hall–Kier alpha value is -0.0800. The minimum atomic E-state index is -0.143. The molecular formula is C10H21NO. The molecule has 0 bridgehead atoms. The molecule has 0 saturated heterocycles. The van der Waals surface area contributed by atoms with Crippen LogP contribution in [0.3, 0.4) is 0 Å². The van der Waals surface area contributed by atoms with Gasteiger partial charge in [0.1, 0.15) is 0 Å². The molecule has 1 aliphatic rings. The smallest absolute Gasteiger partial charge is 0.0718 e. The molecule has 0 spiro atoms. The fraction of sp³-hybridized carbons (Fsp3) is 1.00. The number of hydrogen-bond donors (Lipinski definition) is 2. The van der Waals surface area contributed by atoms with E-state index in [1.807, 2.05) is 7.05 Å². The van der Waals surface area contributed by atoms with Crippen molar-refractivity contribution >= 4 is 0 Å². The van der Waals surface area contributed by atoms with Gasteiger partial charge in [0.15, 0.2) is 0 Å². The van der Waals surface area contributed by atoms with Crippen molar-refractivity contribution in [3.8, 4) is 0 Å². The first kappa shape index (κ1) is 10.0. The summed E-state index contributed by atoms with van der Waals surface area (Å²) >= 11 is 0. The van der Waals surface area contributed by atoms with Crippen molar-refractivity contribution in [2.75, 3.05) is 7.05 Å². The van der Waals surface area contributed by atoms with Crippen molar-refractivity contribution < 1.29 is 5.11 Å². The second-order valence-electron chi connectivity index (χ2n) is 3.97. The first-order valence-corrected chi connectivity index (χ1v) is 5.11. The maximum Gasteiger partial charge on any atom is 0.0718 e. The van der Waals surface area contributed by atoms with Crippen LogP contribution in [0.25, 0.3) is 0 Å². The molecule has 0 aromatic carbocycles. The standard InChI is InChI=1S/C10H21NO/c1-8(11-2)10(12)9-6-4-3-5-7-9/h8-12H,3-7H2,1-2H3. The van der Waals surface area contributed by atoms with Gasteiger partial charge in [0.2, 0.25) is 0 Å². The van der Waals surface area contributed by atoms with Crippen molar-refractivity contribution in [3.05, 3.63) is 0 Å². The molecule has 0 aromatic heterocycles. The summed E-state index contributed by atoms with van der Waals surface area (Å²) in [5.74, 6) is 0.543. The van der Waals surface area contributed by atoms with Crippen LogP contribution in [-0.4, -0.2) is 24.3 Å². The summed E-state index contributed by atoms with van der Waals surface area (Å²) in [5, 5.41) is 13.0. The van der Waals surface area contributed by atoms with E-state index in [1.165, 1.54) is 32.1 Å². The van der Waals surface area contributed by atoms with Crippen LogP contribution < -0.4 is 5.32 Å². The van der Waals surface area contributed by atoms with Gasteiger partial charge in [-0.1, -0.05) is 19.3 Å². The second kappa shape index (κ2) is 4.83. The van der Waals surface area contributed by atoms with Crippen LogP contribution in [0.1, 0.15) is 39.0 Å². The number of aliphatic hydroxyl groups is 1. The third-order valence-electron chi connectivity index (χ3n) is 3.10. The van der Waals surface area contributed by atoms with Gasteiger partial charge in [-0.3, -0.25) is 0 Å². The maximum atomic E-state index is 9.88. The summed E-state index contributed by atoms with van der Waals surface area (Å²) < 4.78 is 0. The highest BCUT2D eigenvalue weighted by Gasteiger charge is 2.24. The molecule has 1 rings (SSSR count). The van der Waals surface area contributed by atoms with E-state index in [0.29, 0.717) is 5.92 Å². The summed E-state index contributed by atoms with van der Waals surface area (Å²) in [6, 6.07) is 0.244. The lowest BCUT2D eigenvalue weighted by molar-refractivity contribution is 0.0580. The predicted octanol–water partition coefficient (Wildman–Crippen LogP) is 1.54. The Morgan fingerprint density at radius 3 is 2.33 bits per heavy atom. The fourth-order valence-corrected chi connectivity index (χ4v) is 2.05. The average molecular weight is 171 g/mol. The van der Waals surface area contributed by atoms with Crippen LogP contribution in [0, 0.1) is 5.92 Å². The lowest BCUT2D eigenvalue weighted by atomic mass is 9.83. The van der Waals surface area contributed by atoms with Crippen LogP contribution in [0.15, 0.2) is 0 Å². The van der Waals surface area contributed by atoms with Gasteiger partial charge in [-0.2, -0.15) is 0 Å². The zero-order valence-electron chi connectivity index (χ0n) is 8.21. The summed E-state index contributed by atoms with van der Waals surface area (Å²) in [7, 11) is 1.91. The van der Waals surface area contributed by atoms with Gasteiger partial charge in [-0.15, -0.1) is 0 Å². The Morgan fingerprint density at radius 1 is 1.25 bits per heavy atom. The molecule has 0 amide bonds. The molecule has 1 fully saturated rings. The normalized spacial score (nSPS) is 25.2. The molecule has 2 unspecified atom stereocenters. The molecule has 2 N–H and O–H groups in total. The van der Waals surface area contributed by atoms with Crippen LogP contribution in [0.5, 0.6) is 0 Å². The summed E-state index contributed by atoms with van der Waals surface area (Å²) in [6.45, 7) is 2.05. The van der Waals surface area contributed by atoms with Crippen molar-refractivity contribution in [1.29, 1.82) is 0 Å². The van der Waals surface area contributed by atoms with E-state index in [0.717, 1.165) is 0 Å². The van der Waals surface area contributed by atoms with Gasteiger partial charge in [0.25, 0.3) is 0 Å². The molecule has 2 atom stereocenters. The van der Waals surface area contributed by atoms with Crippen LogP contribution in [0.4, 0.5) is 0 Å². The Labute approximate surface area is 75.4 Å². The van der Waals surface area contributed by atoms with Crippen molar-refractivity contribution in [2.24, 2.45) is 5.92 Å². The predicted molar refractivity (Wildman–Crippen MR) is 51.1 cm³/mol. The first-order chi connectivity index (χ1) is 5.75. The van der Waals surface area contributed by atoms with Gasteiger partial charge in [-0.05, 0) is 32.7 Å². The number of nitrogens with one attached hydrogen (secondary N) is 1. The maximum absolute atomic E-state index is 9.88. The molecule has 72 valence electrons. The van der Waals surface area contributed by atoms with Crippen molar-refractivity contribution in [3.63, 3.8) is 0 Å². The molecule has 0 aromatic rings. The highest BCUT2D eigenvalue weighted by molar-refractivity contribution is 4.79. The van der Waals surface area contributed by atoms with Crippen molar-refractivity contribution in [1.82, 2.24) is 5.32 Å². The highest BCUT2D eigenvalue weighted by Crippen LogP contribution is 2.27. The minimum absolute atomic E-state index is 0.143. The lowest BCUT2D eigenvalue weighted by Gasteiger charge is -2.30. The van der Waals surface area contributed by atoms with E-state index in [1.54, 1.807) is 0 Å². The lowest BCUT2D eigenvalue weighted by Crippen LogP contribution is -2.40. The topological polar surface area (TPSA) is 32.3 Å². The van der Waals surface area contributed by atoms with Gasteiger partial charge in [0, 0.05) is 6.04 Å². The van der Waals surface area contributed by atoms with Gasteiger partial charge in [-0.25, -0.2) is 0 Å². The van der Waals surface area contributed by atoms with Crippen molar-refractivity contribution in [2.45, 2.75) is 51.2 Å². The monoisotopic (exact) mass is 171 g/mol. The van der Waals surface area contributed by atoms with E-state index < -0.39 is 0 Å². The van der Waals surface area contributed by atoms with E-state index in [2.05, 4.69) is 12.2 Å². The Morgan fingerprint density at radius 2 is 1.83 bits per heavy atom. The van der Waals surface area contributed by atoms with Gasteiger partial charge in [0.05, 0.1) is 6.10 Å². The fourth-order valence-electron chi connectivity index (χ4n) is 2.05. The van der Waals surface area contributed by atoms with E-state index >= 15 is 0 Å². The summed E-state index contributed by atoms with van der Waals surface area (Å²) in [6.07, 6.45) is 6.25.